The first-order valence-corrected chi connectivity index (χ1v) is 6.18. The fourth-order valence-corrected chi connectivity index (χ4v) is 1.99. The van der Waals surface area contributed by atoms with Gasteiger partial charge in [-0.05, 0) is 33.7 Å². The second-order valence-corrected chi connectivity index (χ2v) is 5.21. The second-order valence-electron chi connectivity index (χ2n) is 5.21. The summed E-state index contributed by atoms with van der Waals surface area (Å²) in [6.45, 7) is 7.02. The number of carbonyl (C=O) groups is 1. The molecule has 3 N–H and O–H groups in total. The van der Waals surface area contributed by atoms with E-state index in [0.29, 0.717) is 12.1 Å². The van der Waals surface area contributed by atoms with Crippen molar-refractivity contribution in [1.29, 1.82) is 0 Å². The fourth-order valence-electron chi connectivity index (χ4n) is 1.99. The molecule has 4 heteroatoms. The molecule has 1 fully saturated rings. The average molecular weight is 227 g/mol. The molecule has 1 saturated heterocycles. The van der Waals surface area contributed by atoms with Crippen LogP contribution < -0.4 is 11.1 Å². The van der Waals surface area contributed by atoms with Crippen LogP contribution in [-0.2, 0) is 4.79 Å². The third kappa shape index (κ3) is 3.46. The van der Waals surface area contributed by atoms with Gasteiger partial charge < -0.3 is 16.0 Å². The standard InChI is InChI=1S/C12H25N3O/c1-8-7-11(5-6-15(8)4)14-12(16)9(2)10(3)13/h8-11H,5-7,13H2,1-4H3,(H,14,16). The third-order valence-corrected chi connectivity index (χ3v) is 3.76. The Bertz CT molecular complexity index is 242. The van der Waals surface area contributed by atoms with Crippen molar-refractivity contribution in [2.75, 3.05) is 13.6 Å². The van der Waals surface area contributed by atoms with Gasteiger partial charge in [0.15, 0.2) is 0 Å². The van der Waals surface area contributed by atoms with Crippen LogP contribution in [0, 0.1) is 5.92 Å². The molecule has 4 nitrogen and oxygen atoms in total. The predicted molar refractivity (Wildman–Crippen MR) is 66.1 cm³/mol. The van der Waals surface area contributed by atoms with Gasteiger partial charge in [-0.3, -0.25) is 4.79 Å². The van der Waals surface area contributed by atoms with Crippen LogP contribution in [0.5, 0.6) is 0 Å². The van der Waals surface area contributed by atoms with Crippen molar-refractivity contribution in [1.82, 2.24) is 10.2 Å². The van der Waals surface area contributed by atoms with Gasteiger partial charge in [0.1, 0.15) is 0 Å². The van der Waals surface area contributed by atoms with Crippen LogP contribution in [0.3, 0.4) is 0 Å². The van der Waals surface area contributed by atoms with E-state index < -0.39 is 0 Å². The van der Waals surface area contributed by atoms with Crippen LogP contribution in [0.1, 0.15) is 33.6 Å². The van der Waals surface area contributed by atoms with E-state index in [1.807, 2.05) is 13.8 Å². The van der Waals surface area contributed by atoms with E-state index in [-0.39, 0.29) is 17.9 Å². The van der Waals surface area contributed by atoms with Crippen molar-refractivity contribution in [3.8, 4) is 0 Å². The Morgan fingerprint density at radius 2 is 2.12 bits per heavy atom. The smallest absolute Gasteiger partial charge is 0.224 e. The second kappa shape index (κ2) is 5.64. The summed E-state index contributed by atoms with van der Waals surface area (Å²) in [5.41, 5.74) is 5.72. The maximum Gasteiger partial charge on any atom is 0.224 e. The lowest BCUT2D eigenvalue weighted by Crippen LogP contribution is -2.50. The number of rotatable bonds is 3. The normalized spacial score (nSPS) is 30.8. The number of nitrogens with two attached hydrogens (primary N) is 1. The van der Waals surface area contributed by atoms with Gasteiger partial charge in [-0.1, -0.05) is 6.92 Å². The number of nitrogens with one attached hydrogen (secondary N) is 1. The highest BCUT2D eigenvalue weighted by atomic mass is 16.1. The van der Waals surface area contributed by atoms with Gasteiger partial charge in [0.25, 0.3) is 0 Å². The number of amides is 1. The third-order valence-electron chi connectivity index (χ3n) is 3.76. The summed E-state index contributed by atoms with van der Waals surface area (Å²) in [5, 5.41) is 3.11. The number of likely N-dealkylation sites (tertiary alicyclic amines) is 1. The summed E-state index contributed by atoms with van der Waals surface area (Å²) < 4.78 is 0. The summed E-state index contributed by atoms with van der Waals surface area (Å²) in [4.78, 5) is 14.2. The van der Waals surface area contributed by atoms with E-state index in [4.69, 9.17) is 5.73 Å². The molecular weight excluding hydrogens is 202 g/mol. The van der Waals surface area contributed by atoms with E-state index in [1.165, 1.54) is 0 Å². The van der Waals surface area contributed by atoms with Gasteiger partial charge in [0, 0.05) is 30.6 Å². The van der Waals surface area contributed by atoms with Crippen molar-refractivity contribution in [3.05, 3.63) is 0 Å². The Balaban J connectivity index is 2.40. The Kier molecular flexibility index (Phi) is 4.74. The van der Waals surface area contributed by atoms with E-state index in [0.717, 1.165) is 19.4 Å². The van der Waals surface area contributed by atoms with Crippen molar-refractivity contribution in [2.45, 2.75) is 51.7 Å². The Labute approximate surface area is 98.6 Å². The van der Waals surface area contributed by atoms with Gasteiger partial charge in [-0.15, -0.1) is 0 Å². The van der Waals surface area contributed by atoms with Gasteiger partial charge >= 0.3 is 0 Å². The Morgan fingerprint density at radius 3 is 2.62 bits per heavy atom. The maximum absolute atomic E-state index is 11.8. The zero-order valence-corrected chi connectivity index (χ0v) is 10.9. The molecule has 4 atom stereocenters. The minimum Gasteiger partial charge on any atom is -0.353 e. The summed E-state index contributed by atoms with van der Waals surface area (Å²) in [5.74, 6) is -0.00767. The zero-order chi connectivity index (χ0) is 12.3. The first-order chi connectivity index (χ1) is 7.41. The van der Waals surface area contributed by atoms with E-state index >= 15 is 0 Å². The van der Waals surface area contributed by atoms with Gasteiger partial charge in [-0.25, -0.2) is 0 Å². The SMILES string of the molecule is CC(N)C(C)C(=O)NC1CCN(C)C(C)C1. The number of piperidine rings is 1. The molecule has 0 spiro atoms. The van der Waals surface area contributed by atoms with Crippen molar-refractivity contribution in [2.24, 2.45) is 11.7 Å². The number of nitrogens with zero attached hydrogens (tertiary/aromatic N) is 1. The van der Waals surface area contributed by atoms with E-state index in [9.17, 15) is 4.79 Å². The molecule has 16 heavy (non-hydrogen) atoms. The highest BCUT2D eigenvalue weighted by molar-refractivity contribution is 5.79. The molecule has 0 bridgehead atoms. The molecule has 0 aromatic heterocycles. The van der Waals surface area contributed by atoms with Gasteiger partial charge in [-0.2, -0.15) is 0 Å². The number of hydrogen-bond donors (Lipinski definition) is 2. The predicted octanol–water partition coefficient (Wildman–Crippen LogP) is 0.569. The molecule has 1 rings (SSSR count). The van der Waals surface area contributed by atoms with Crippen LogP contribution in [0.25, 0.3) is 0 Å². The highest BCUT2D eigenvalue weighted by Crippen LogP contribution is 2.15. The van der Waals surface area contributed by atoms with Crippen molar-refractivity contribution >= 4 is 5.91 Å². The molecule has 4 unspecified atom stereocenters. The van der Waals surface area contributed by atoms with Crippen molar-refractivity contribution in [3.63, 3.8) is 0 Å². The lowest BCUT2D eigenvalue weighted by atomic mass is 9.97. The van der Waals surface area contributed by atoms with Crippen molar-refractivity contribution < 1.29 is 4.79 Å². The average Bonchev–Trinajstić information content (AvgIpc) is 2.22. The van der Waals surface area contributed by atoms with Crippen LogP contribution in [-0.4, -0.2) is 42.5 Å². The molecular formula is C12H25N3O. The van der Waals surface area contributed by atoms with Crippen LogP contribution in [0.2, 0.25) is 0 Å². The molecule has 1 heterocycles. The molecule has 0 aromatic rings. The van der Waals surface area contributed by atoms with E-state index in [1.54, 1.807) is 0 Å². The molecule has 1 aliphatic rings. The lowest BCUT2D eigenvalue weighted by Gasteiger charge is -2.35. The molecule has 1 amide bonds. The molecule has 94 valence electrons. The van der Waals surface area contributed by atoms with Gasteiger partial charge in [0.2, 0.25) is 5.91 Å². The maximum atomic E-state index is 11.8. The Hall–Kier alpha value is -0.610. The quantitative estimate of drug-likeness (QED) is 0.741. The largest absolute Gasteiger partial charge is 0.353 e. The first kappa shape index (κ1) is 13.5. The summed E-state index contributed by atoms with van der Waals surface area (Å²) in [6.07, 6.45) is 2.08. The van der Waals surface area contributed by atoms with Crippen LogP contribution >= 0.6 is 0 Å². The lowest BCUT2D eigenvalue weighted by molar-refractivity contribution is -0.126. The minimum atomic E-state index is -0.102. The molecule has 0 radical (unpaired) electrons. The van der Waals surface area contributed by atoms with E-state index in [2.05, 4.69) is 24.2 Å². The minimum absolute atomic E-state index is 0.0799. The molecule has 0 saturated carbocycles. The number of hydrogen-bond acceptors (Lipinski definition) is 3. The summed E-state index contributed by atoms with van der Waals surface area (Å²) >= 11 is 0. The highest BCUT2D eigenvalue weighted by Gasteiger charge is 2.26. The topological polar surface area (TPSA) is 58.4 Å². The molecule has 0 aromatic carbocycles. The molecule has 1 aliphatic heterocycles. The van der Waals surface area contributed by atoms with Crippen LogP contribution in [0.15, 0.2) is 0 Å². The zero-order valence-electron chi connectivity index (χ0n) is 10.9. The monoisotopic (exact) mass is 227 g/mol. The first-order valence-electron chi connectivity index (χ1n) is 6.18. The molecule has 0 aliphatic carbocycles. The summed E-state index contributed by atoms with van der Waals surface area (Å²) in [7, 11) is 2.13. The Morgan fingerprint density at radius 1 is 1.50 bits per heavy atom. The fraction of sp³-hybridized carbons (Fsp3) is 0.917. The number of carbonyl (C=O) groups excluding carboxylic acids is 1. The summed E-state index contributed by atoms with van der Waals surface area (Å²) in [6, 6.07) is 0.785. The van der Waals surface area contributed by atoms with Gasteiger partial charge in [0.05, 0.1) is 0 Å². The van der Waals surface area contributed by atoms with Crippen LogP contribution in [0.4, 0.5) is 0 Å².